The lowest BCUT2D eigenvalue weighted by atomic mass is 10.1. The van der Waals surface area contributed by atoms with Crippen molar-refractivity contribution in [3.05, 3.63) is 42.2 Å². The molecule has 2 aromatic heterocycles. The Bertz CT molecular complexity index is 1100. The maximum absolute atomic E-state index is 12.6. The van der Waals surface area contributed by atoms with E-state index in [4.69, 9.17) is 19.6 Å². The van der Waals surface area contributed by atoms with Crippen LogP contribution in [0.4, 0.5) is 0 Å². The highest BCUT2D eigenvalue weighted by Gasteiger charge is 2.19. The quantitative estimate of drug-likeness (QED) is 0.467. The monoisotopic (exact) mass is 457 g/mol. The summed E-state index contributed by atoms with van der Waals surface area (Å²) in [4.78, 5) is 23.8. The van der Waals surface area contributed by atoms with Gasteiger partial charge in [0, 0.05) is 13.0 Å². The molecule has 0 aliphatic carbocycles. The van der Waals surface area contributed by atoms with Crippen molar-refractivity contribution in [2.24, 2.45) is 5.73 Å². The number of nitrogens with two attached hydrogens (primary N) is 1. The van der Waals surface area contributed by atoms with E-state index in [1.54, 1.807) is 16.7 Å². The van der Waals surface area contributed by atoms with Crippen molar-refractivity contribution in [3.63, 3.8) is 0 Å². The van der Waals surface area contributed by atoms with E-state index in [-0.39, 0.29) is 30.7 Å². The molecular formula is C21H23N5O5S. The first-order valence-electron chi connectivity index (χ1n) is 10.1. The Kier molecular flexibility index (Phi) is 6.64. The van der Waals surface area contributed by atoms with Crippen molar-refractivity contribution < 1.29 is 23.5 Å². The average molecular weight is 458 g/mol. The van der Waals surface area contributed by atoms with Crippen LogP contribution in [0.3, 0.4) is 0 Å². The number of nitrogens with zero attached hydrogens (tertiary/aromatic N) is 3. The summed E-state index contributed by atoms with van der Waals surface area (Å²) in [6.45, 7) is 3.22. The van der Waals surface area contributed by atoms with E-state index < -0.39 is 5.91 Å². The molecule has 168 valence electrons. The zero-order valence-electron chi connectivity index (χ0n) is 17.4. The first kappa shape index (κ1) is 21.8. The van der Waals surface area contributed by atoms with Gasteiger partial charge in [-0.05, 0) is 36.8 Å². The van der Waals surface area contributed by atoms with Crippen LogP contribution in [0, 0.1) is 0 Å². The molecule has 11 heteroatoms. The number of aromatic nitrogens is 3. The number of primary amides is 1. The number of hydrogen-bond donors (Lipinski definition) is 2. The van der Waals surface area contributed by atoms with Gasteiger partial charge in [0.2, 0.25) is 11.8 Å². The second-order valence-corrected chi connectivity index (χ2v) is 8.07. The Labute approximate surface area is 188 Å². The minimum atomic E-state index is -0.439. The molecule has 1 aliphatic heterocycles. The molecule has 0 saturated heterocycles. The maximum Gasteiger partial charge on any atom is 0.230 e. The second kappa shape index (κ2) is 9.77. The summed E-state index contributed by atoms with van der Waals surface area (Å²) in [6, 6.07) is 8.90. The SMILES string of the molecule is CC(NC(=O)CSc1nnc(-c2ccco2)n1CCC(N)=O)c1ccc2c(c1)OCCO2. The minimum absolute atomic E-state index is 0.118. The molecule has 0 saturated carbocycles. The summed E-state index contributed by atoms with van der Waals surface area (Å²) in [5.74, 6) is 1.90. The number of nitrogens with one attached hydrogen (secondary N) is 1. The largest absolute Gasteiger partial charge is 0.486 e. The molecule has 0 radical (unpaired) electrons. The van der Waals surface area contributed by atoms with E-state index in [1.807, 2.05) is 25.1 Å². The zero-order valence-corrected chi connectivity index (χ0v) is 18.3. The van der Waals surface area contributed by atoms with Crippen LogP contribution >= 0.6 is 11.8 Å². The molecule has 3 heterocycles. The molecule has 0 spiro atoms. The number of carbonyl (C=O) groups excluding carboxylic acids is 2. The molecule has 32 heavy (non-hydrogen) atoms. The third-order valence-electron chi connectivity index (χ3n) is 4.82. The van der Waals surface area contributed by atoms with Crippen LogP contribution in [0.2, 0.25) is 0 Å². The van der Waals surface area contributed by atoms with Crippen molar-refractivity contribution in [1.29, 1.82) is 0 Å². The number of fused-ring (bicyclic) bond motifs is 1. The van der Waals surface area contributed by atoms with Crippen molar-refractivity contribution in [2.45, 2.75) is 31.1 Å². The lowest BCUT2D eigenvalue weighted by Gasteiger charge is -2.21. The van der Waals surface area contributed by atoms with Crippen molar-refractivity contribution in [1.82, 2.24) is 20.1 Å². The Morgan fingerprint density at radius 1 is 1.22 bits per heavy atom. The first-order valence-corrected chi connectivity index (χ1v) is 11.1. The topological polar surface area (TPSA) is 135 Å². The van der Waals surface area contributed by atoms with Crippen LogP contribution in [0.5, 0.6) is 11.5 Å². The van der Waals surface area contributed by atoms with Gasteiger partial charge in [-0.15, -0.1) is 10.2 Å². The summed E-state index contributed by atoms with van der Waals surface area (Å²) >= 11 is 1.22. The Balaban J connectivity index is 1.39. The summed E-state index contributed by atoms with van der Waals surface area (Å²) < 4.78 is 18.3. The highest BCUT2D eigenvalue weighted by atomic mass is 32.2. The van der Waals surface area contributed by atoms with E-state index in [1.165, 1.54) is 18.0 Å². The van der Waals surface area contributed by atoms with Crippen LogP contribution in [-0.4, -0.2) is 45.5 Å². The van der Waals surface area contributed by atoms with Gasteiger partial charge in [-0.3, -0.25) is 14.2 Å². The molecule has 1 unspecified atom stereocenters. The van der Waals surface area contributed by atoms with Crippen LogP contribution in [0.25, 0.3) is 11.6 Å². The predicted molar refractivity (Wildman–Crippen MR) is 116 cm³/mol. The predicted octanol–water partition coefficient (Wildman–Crippen LogP) is 2.15. The molecule has 3 aromatic rings. The molecule has 0 bridgehead atoms. The standard InChI is InChI=1S/C21H23N5O5S/c1-13(14-4-5-15-17(11-14)31-10-9-30-15)23-19(28)12-32-21-25-24-20(16-3-2-8-29-16)26(21)7-6-18(22)27/h2-5,8,11,13H,6-7,9-10,12H2,1H3,(H2,22,27)(H,23,28). The van der Waals surface area contributed by atoms with E-state index >= 15 is 0 Å². The van der Waals surface area contributed by atoms with E-state index in [0.29, 0.717) is 41.5 Å². The smallest absolute Gasteiger partial charge is 0.230 e. The highest BCUT2D eigenvalue weighted by molar-refractivity contribution is 7.99. The molecule has 2 amide bonds. The van der Waals surface area contributed by atoms with E-state index in [0.717, 1.165) is 5.56 Å². The normalized spacial score (nSPS) is 13.5. The minimum Gasteiger partial charge on any atom is -0.486 e. The number of rotatable bonds is 9. The van der Waals surface area contributed by atoms with Crippen LogP contribution in [0.1, 0.15) is 24.9 Å². The summed E-state index contributed by atoms with van der Waals surface area (Å²) in [5, 5.41) is 11.8. The van der Waals surface area contributed by atoms with Crippen LogP contribution in [0.15, 0.2) is 46.2 Å². The number of hydrogen-bond acceptors (Lipinski definition) is 8. The fourth-order valence-electron chi connectivity index (χ4n) is 3.23. The van der Waals surface area contributed by atoms with Gasteiger partial charge in [0.15, 0.2) is 28.2 Å². The van der Waals surface area contributed by atoms with Gasteiger partial charge in [0.25, 0.3) is 0 Å². The molecule has 1 aromatic carbocycles. The third kappa shape index (κ3) is 5.05. The van der Waals surface area contributed by atoms with Gasteiger partial charge in [0.05, 0.1) is 18.1 Å². The Hall–Kier alpha value is -3.47. The molecule has 0 fully saturated rings. The molecular weight excluding hydrogens is 434 g/mol. The molecule has 4 rings (SSSR count). The number of thioether (sulfide) groups is 1. The van der Waals surface area contributed by atoms with Crippen molar-refractivity contribution in [3.8, 4) is 23.1 Å². The third-order valence-corrected chi connectivity index (χ3v) is 5.78. The number of amides is 2. The van der Waals surface area contributed by atoms with Gasteiger partial charge >= 0.3 is 0 Å². The molecule has 10 nitrogen and oxygen atoms in total. The van der Waals surface area contributed by atoms with Crippen LogP contribution in [-0.2, 0) is 16.1 Å². The van der Waals surface area contributed by atoms with Crippen molar-refractivity contribution >= 4 is 23.6 Å². The second-order valence-electron chi connectivity index (χ2n) is 7.13. The number of ether oxygens (including phenoxy) is 2. The zero-order chi connectivity index (χ0) is 22.5. The molecule has 1 atom stereocenters. The highest BCUT2D eigenvalue weighted by Crippen LogP contribution is 2.32. The summed E-state index contributed by atoms with van der Waals surface area (Å²) in [6.07, 6.45) is 1.65. The van der Waals surface area contributed by atoms with Gasteiger partial charge in [-0.25, -0.2) is 0 Å². The summed E-state index contributed by atoms with van der Waals surface area (Å²) in [5.41, 5.74) is 6.21. The van der Waals surface area contributed by atoms with Gasteiger partial charge in [-0.2, -0.15) is 0 Å². The maximum atomic E-state index is 12.6. The van der Waals surface area contributed by atoms with Crippen molar-refractivity contribution in [2.75, 3.05) is 19.0 Å². The number of carbonyl (C=O) groups is 2. The van der Waals surface area contributed by atoms with E-state index in [9.17, 15) is 9.59 Å². The lowest BCUT2D eigenvalue weighted by Crippen LogP contribution is -2.28. The number of furan rings is 1. The van der Waals surface area contributed by atoms with Gasteiger partial charge in [-0.1, -0.05) is 17.8 Å². The number of benzene rings is 1. The Morgan fingerprint density at radius 2 is 2.03 bits per heavy atom. The van der Waals surface area contributed by atoms with Gasteiger partial charge in [0.1, 0.15) is 13.2 Å². The molecule has 1 aliphatic rings. The van der Waals surface area contributed by atoms with Crippen LogP contribution < -0.4 is 20.5 Å². The van der Waals surface area contributed by atoms with E-state index in [2.05, 4.69) is 15.5 Å². The first-order chi connectivity index (χ1) is 15.5. The molecule has 3 N–H and O–H groups in total. The fraction of sp³-hybridized carbons (Fsp3) is 0.333. The summed E-state index contributed by atoms with van der Waals surface area (Å²) in [7, 11) is 0. The Morgan fingerprint density at radius 3 is 2.78 bits per heavy atom. The fourth-order valence-corrected chi connectivity index (χ4v) is 4.01. The van der Waals surface area contributed by atoms with Gasteiger partial charge < -0.3 is 24.9 Å². The lowest BCUT2D eigenvalue weighted by molar-refractivity contribution is -0.119. The average Bonchev–Trinajstić information content (AvgIpc) is 3.45.